The third-order valence-corrected chi connectivity index (χ3v) is 3.73. The summed E-state index contributed by atoms with van der Waals surface area (Å²) in [6.45, 7) is 3.57. The van der Waals surface area contributed by atoms with Crippen molar-refractivity contribution in [3.63, 3.8) is 0 Å². The number of rotatable bonds is 4. The van der Waals surface area contributed by atoms with Crippen LogP contribution in [0.15, 0.2) is 18.2 Å². The Morgan fingerprint density at radius 2 is 2.09 bits per heavy atom. The van der Waals surface area contributed by atoms with Gasteiger partial charge in [-0.2, -0.15) is 13.2 Å². The first-order valence-corrected chi connectivity index (χ1v) is 7.23. The lowest BCUT2D eigenvalue weighted by molar-refractivity contribution is -0.140. The summed E-state index contributed by atoms with van der Waals surface area (Å²) >= 11 is 0. The molecule has 8 heteroatoms. The van der Waals surface area contributed by atoms with Crippen molar-refractivity contribution < 1.29 is 22.4 Å². The van der Waals surface area contributed by atoms with Gasteiger partial charge in [0, 0.05) is 19.1 Å². The van der Waals surface area contributed by atoms with E-state index in [1.54, 1.807) is 0 Å². The molecule has 1 amide bonds. The Bertz CT molecular complexity index is 545. The third-order valence-electron chi connectivity index (χ3n) is 3.73. The van der Waals surface area contributed by atoms with Gasteiger partial charge in [-0.05, 0) is 31.5 Å². The highest BCUT2D eigenvalue weighted by molar-refractivity contribution is 5.95. The van der Waals surface area contributed by atoms with Gasteiger partial charge in [0.15, 0.2) is 0 Å². The van der Waals surface area contributed by atoms with E-state index in [4.69, 9.17) is 0 Å². The highest BCUT2D eigenvalue weighted by Crippen LogP contribution is 2.32. The lowest BCUT2D eigenvalue weighted by atomic mass is 10.1. The molecule has 0 saturated carbocycles. The number of hydrogen-bond acceptors (Lipinski definition) is 2. The summed E-state index contributed by atoms with van der Waals surface area (Å²) in [5, 5.41) is 3.10. The first kappa shape index (κ1) is 19.7. The zero-order chi connectivity index (χ0) is 16.3. The number of amides is 1. The maximum Gasteiger partial charge on any atom is 0.419 e. The van der Waals surface area contributed by atoms with Crippen molar-refractivity contribution in [1.82, 2.24) is 10.2 Å². The molecular formula is C15H19ClF4N2O. The van der Waals surface area contributed by atoms with E-state index in [0.29, 0.717) is 32.0 Å². The van der Waals surface area contributed by atoms with Crippen LogP contribution in [0.25, 0.3) is 0 Å². The first-order valence-electron chi connectivity index (χ1n) is 7.23. The van der Waals surface area contributed by atoms with Gasteiger partial charge in [0.25, 0.3) is 5.91 Å². The maximum atomic E-state index is 14.1. The van der Waals surface area contributed by atoms with Gasteiger partial charge in [0.1, 0.15) is 5.82 Å². The van der Waals surface area contributed by atoms with E-state index in [1.807, 2.05) is 6.92 Å². The van der Waals surface area contributed by atoms with Crippen LogP contribution in [0.2, 0.25) is 0 Å². The van der Waals surface area contributed by atoms with Crippen LogP contribution in [0, 0.1) is 5.82 Å². The molecule has 130 valence electrons. The predicted octanol–water partition coefficient (Wildman–Crippen LogP) is 3.48. The van der Waals surface area contributed by atoms with Crippen molar-refractivity contribution in [2.45, 2.75) is 32.0 Å². The number of carbonyl (C=O) groups excluding carboxylic acids is 1. The van der Waals surface area contributed by atoms with Crippen LogP contribution in [0.1, 0.15) is 35.7 Å². The van der Waals surface area contributed by atoms with Crippen molar-refractivity contribution in [3.05, 3.63) is 35.1 Å². The lowest BCUT2D eigenvalue weighted by Crippen LogP contribution is -2.42. The van der Waals surface area contributed by atoms with E-state index >= 15 is 0 Å². The normalized spacial score (nSPS) is 17.7. The highest BCUT2D eigenvalue weighted by Gasteiger charge is 2.37. The Labute approximate surface area is 138 Å². The molecule has 1 atom stereocenters. The summed E-state index contributed by atoms with van der Waals surface area (Å²) in [5.41, 5.74) is -1.92. The van der Waals surface area contributed by atoms with E-state index in [1.165, 1.54) is 4.90 Å². The van der Waals surface area contributed by atoms with Crippen LogP contribution in [0.5, 0.6) is 0 Å². The minimum absolute atomic E-state index is 0. The average molecular weight is 355 g/mol. The minimum Gasteiger partial charge on any atom is -0.334 e. The van der Waals surface area contributed by atoms with Crippen molar-refractivity contribution in [2.75, 3.05) is 19.6 Å². The molecular weight excluding hydrogens is 336 g/mol. The number of nitrogens with one attached hydrogen (secondary N) is 1. The molecule has 1 aliphatic rings. The molecule has 0 aromatic heterocycles. The lowest BCUT2D eigenvalue weighted by Gasteiger charge is -2.28. The summed E-state index contributed by atoms with van der Waals surface area (Å²) in [6, 6.07) is 2.71. The third kappa shape index (κ3) is 4.35. The van der Waals surface area contributed by atoms with Crippen LogP contribution >= 0.6 is 12.4 Å². The van der Waals surface area contributed by atoms with Gasteiger partial charge < -0.3 is 10.2 Å². The molecule has 1 fully saturated rings. The van der Waals surface area contributed by atoms with Crippen LogP contribution < -0.4 is 5.32 Å². The molecule has 1 heterocycles. The van der Waals surface area contributed by atoms with Gasteiger partial charge in [-0.3, -0.25) is 4.79 Å². The SMILES string of the molecule is CCCN(C(=O)c1cccc(C(F)(F)F)c1F)C1CCNC1.Cl. The van der Waals surface area contributed by atoms with Gasteiger partial charge >= 0.3 is 6.18 Å². The molecule has 1 unspecified atom stereocenters. The Morgan fingerprint density at radius 3 is 2.61 bits per heavy atom. The quantitative estimate of drug-likeness (QED) is 0.840. The van der Waals surface area contributed by atoms with E-state index in [2.05, 4.69) is 5.32 Å². The van der Waals surface area contributed by atoms with Crippen LogP contribution in [-0.4, -0.2) is 36.5 Å². The number of halogens is 5. The molecule has 3 nitrogen and oxygen atoms in total. The van der Waals surface area contributed by atoms with Gasteiger partial charge in [-0.15, -0.1) is 12.4 Å². The summed E-state index contributed by atoms with van der Waals surface area (Å²) in [6.07, 6.45) is -3.44. The molecule has 2 rings (SSSR count). The van der Waals surface area contributed by atoms with E-state index < -0.39 is 29.0 Å². The highest BCUT2D eigenvalue weighted by atomic mass is 35.5. The Hall–Kier alpha value is -1.34. The molecule has 1 aromatic carbocycles. The fourth-order valence-corrected chi connectivity index (χ4v) is 2.67. The van der Waals surface area contributed by atoms with E-state index in [-0.39, 0.29) is 18.4 Å². The molecule has 0 bridgehead atoms. The minimum atomic E-state index is -4.81. The molecule has 1 N–H and O–H groups in total. The molecule has 1 aliphatic heterocycles. The second kappa shape index (κ2) is 7.97. The molecule has 23 heavy (non-hydrogen) atoms. The summed E-state index contributed by atoms with van der Waals surface area (Å²) in [7, 11) is 0. The zero-order valence-electron chi connectivity index (χ0n) is 12.6. The Balaban J connectivity index is 0.00000264. The van der Waals surface area contributed by atoms with Crippen molar-refractivity contribution in [3.8, 4) is 0 Å². The fourth-order valence-electron chi connectivity index (χ4n) is 2.67. The van der Waals surface area contributed by atoms with Crippen molar-refractivity contribution >= 4 is 18.3 Å². The number of alkyl halides is 3. The number of benzene rings is 1. The van der Waals surface area contributed by atoms with Gasteiger partial charge in [0.05, 0.1) is 11.1 Å². The maximum absolute atomic E-state index is 14.1. The van der Waals surface area contributed by atoms with Crippen LogP contribution in [0.4, 0.5) is 17.6 Å². The molecule has 0 spiro atoms. The smallest absolute Gasteiger partial charge is 0.334 e. The molecule has 0 aliphatic carbocycles. The van der Waals surface area contributed by atoms with Gasteiger partial charge in [-0.1, -0.05) is 13.0 Å². The topological polar surface area (TPSA) is 32.3 Å². The van der Waals surface area contributed by atoms with E-state index in [0.717, 1.165) is 18.7 Å². The van der Waals surface area contributed by atoms with Crippen LogP contribution in [0.3, 0.4) is 0 Å². The second-order valence-corrected chi connectivity index (χ2v) is 5.31. The summed E-state index contributed by atoms with van der Waals surface area (Å²) in [4.78, 5) is 14.0. The first-order chi connectivity index (χ1) is 10.4. The van der Waals surface area contributed by atoms with E-state index in [9.17, 15) is 22.4 Å². The zero-order valence-corrected chi connectivity index (χ0v) is 13.4. The number of carbonyl (C=O) groups is 1. The van der Waals surface area contributed by atoms with Crippen molar-refractivity contribution in [1.29, 1.82) is 0 Å². The molecule has 0 radical (unpaired) electrons. The molecule has 1 aromatic rings. The standard InChI is InChI=1S/C15H18F4N2O.ClH/c1-2-8-21(10-6-7-20-9-10)14(22)11-4-3-5-12(13(11)16)15(17,18)19;/h3-5,10,20H,2,6-9H2,1H3;1H. The second-order valence-electron chi connectivity index (χ2n) is 5.31. The number of hydrogen-bond donors (Lipinski definition) is 1. The van der Waals surface area contributed by atoms with Crippen LogP contribution in [-0.2, 0) is 6.18 Å². The monoisotopic (exact) mass is 354 g/mol. The largest absolute Gasteiger partial charge is 0.419 e. The summed E-state index contributed by atoms with van der Waals surface area (Å²) in [5.74, 6) is -2.17. The number of nitrogens with zero attached hydrogens (tertiary/aromatic N) is 1. The Kier molecular flexibility index (Phi) is 6.83. The fraction of sp³-hybridized carbons (Fsp3) is 0.533. The predicted molar refractivity (Wildman–Crippen MR) is 81.3 cm³/mol. The average Bonchev–Trinajstić information content (AvgIpc) is 2.97. The summed E-state index contributed by atoms with van der Waals surface area (Å²) < 4.78 is 52.4. The Morgan fingerprint density at radius 1 is 1.39 bits per heavy atom. The van der Waals surface area contributed by atoms with Gasteiger partial charge in [-0.25, -0.2) is 4.39 Å². The van der Waals surface area contributed by atoms with Crippen molar-refractivity contribution in [2.24, 2.45) is 0 Å². The van der Waals surface area contributed by atoms with Gasteiger partial charge in [0.2, 0.25) is 0 Å². The molecule has 1 saturated heterocycles.